The molecule has 0 saturated heterocycles. The lowest BCUT2D eigenvalue weighted by Gasteiger charge is -2.11. The fourth-order valence-corrected chi connectivity index (χ4v) is 1.85. The van der Waals surface area contributed by atoms with E-state index in [9.17, 15) is 26.7 Å². The van der Waals surface area contributed by atoms with Crippen molar-refractivity contribution >= 4 is 23.5 Å². The van der Waals surface area contributed by atoms with Crippen LogP contribution in [0.4, 0.5) is 33.5 Å². The third kappa shape index (κ3) is 4.76. The van der Waals surface area contributed by atoms with E-state index in [0.717, 1.165) is 24.3 Å². The van der Waals surface area contributed by atoms with E-state index in [1.54, 1.807) is 0 Å². The number of aromatic nitrogens is 1. The van der Waals surface area contributed by atoms with Gasteiger partial charge in [-0.3, -0.25) is 4.79 Å². The van der Waals surface area contributed by atoms with Crippen molar-refractivity contribution in [3.05, 3.63) is 59.3 Å². The summed E-state index contributed by atoms with van der Waals surface area (Å²) in [6.07, 6.45) is -2.89. The number of anilines is 2. The molecule has 10 heteroatoms. The Hall–Kier alpha value is -3.01. The number of nitrogen functional groups attached to an aromatic ring is 1. The number of hydrogen-bond donors (Lipinski definition) is 3. The standard InChI is InChI=1S/C16H13F5N4O/c17-9-3-4-10(18)12(7-9)25-15(26)11-5-1-8(14(23)24-11)2-6-13(22)16(19,20)21/h1-7,13H,22H2,(H2,23,24)(H,25,26). The second kappa shape index (κ2) is 7.48. The minimum Gasteiger partial charge on any atom is -0.383 e. The number of hydrogen-bond acceptors (Lipinski definition) is 4. The van der Waals surface area contributed by atoms with Gasteiger partial charge >= 0.3 is 6.18 Å². The molecule has 1 unspecified atom stereocenters. The number of nitrogens with two attached hydrogens (primary N) is 2. The van der Waals surface area contributed by atoms with Crippen LogP contribution in [-0.4, -0.2) is 23.1 Å². The Labute approximate surface area is 144 Å². The van der Waals surface area contributed by atoms with E-state index in [1.165, 1.54) is 12.1 Å². The van der Waals surface area contributed by atoms with E-state index in [2.05, 4.69) is 10.3 Å². The van der Waals surface area contributed by atoms with Gasteiger partial charge in [-0.2, -0.15) is 13.2 Å². The van der Waals surface area contributed by atoms with Gasteiger partial charge in [-0.05, 0) is 24.3 Å². The molecule has 5 nitrogen and oxygen atoms in total. The lowest BCUT2D eigenvalue weighted by molar-refractivity contribution is -0.136. The molecule has 0 saturated carbocycles. The summed E-state index contributed by atoms with van der Waals surface area (Å²) < 4.78 is 63.7. The minimum absolute atomic E-state index is 0.109. The Morgan fingerprint density at radius 2 is 1.88 bits per heavy atom. The van der Waals surface area contributed by atoms with Crippen LogP contribution in [0, 0.1) is 11.6 Å². The van der Waals surface area contributed by atoms with Crippen LogP contribution in [0.3, 0.4) is 0 Å². The van der Waals surface area contributed by atoms with E-state index in [4.69, 9.17) is 11.5 Å². The monoisotopic (exact) mass is 372 g/mol. The van der Waals surface area contributed by atoms with E-state index in [0.29, 0.717) is 6.08 Å². The van der Waals surface area contributed by atoms with Crippen molar-refractivity contribution in [2.45, 2.75) is 12.2 Å². The molecule has 1 atom stereocenters. The predicted octanol–water partition coefficient (Wildman–Crippen LogP) is 3.10. The number of nitrogens with one attached hydrogen (secondary N) is 1. The maximum atomic E-state index is 13.5. The summed E-state index contributed by atoms with van der Waals surface area (Å²) in [5, 5.41) is 2.13. The third-order valence-corrected chi connectivity index (χ3v) is 3.23. The maximum absolute atomic E-state index is 13.5. The molecule has 1 amide bonds. The van der Waals surface area contributed by atoms with E-state index in [-0.39, 0.29) is 17.1 Å². The summed E-state index contributed by atoms with van der Waals surface area (Å²) in [4.78, 5) is 15.8. The topological polar surface area (TPSA) is 94.0 Å². The molecule has 0 spiro atoms. The maximum Gasteiger partial charge on any atom is 0.407 e. The second-order valence-corrected chi connectivity index (χ2v) is 5.18. The van der Waals surface area contributed by atoms with Gasteiger partial charge in [0.05, 0.1) is 5.69 Å². The Morgan fingerprint density at radius 1 is 1.19 bits per heavy atom. The number of rotatable bonds is 4. The van der Waals surface area contributed by atoms with Crippen molar-refractivity contribution in [3.63, 3.8) is 0 Å². The molecule has 138 valence electrons. The molecule has 0 aliphatic rings. The summed E-state index contributed by atoms with van der Waals surface area (Å²) in [5.41, 5.74) is 10.0. The van der Waals surface area contributed by atoms with Crippen LogP contribution in [-0.2, 0) is 0 Å². The first kappa shape index (κ1) is 19.3. The zero-order chi connectivity index (χ0) is 19.5. The Balaban J connectivity index is 2.17. The first-order valence-corrected chi connectivity index (χ1v) is 7.11. The SMILES string of the molecule is Nc1nc(C(=O)Nc2cc(F)ccc2F)ccc1C=CC(N)C(F)(F)F. The number of nitrogens with zero attached hydrogens (tertiary/aromatic N) is 1. The fraction of sp³-hybridized carbons (Fsp3) is 0.125. The average molecular weight is 372 g/mol. The summed E-state index contributed by atoms with van der Waals surface area (Å²) in [6.45, 7) is 0. The van der Waals surface area contributed by atoms with Crippen molar-refractivity contribution in [1.29, 1.82) is 0 Å². The first-order valence-electron chi connectivity index (χ1n) is 7.11. The van der Waals surface area contributed by atoms with Crippen molar-refractivity contribution in [1.82, 2.24) is 4.98 Å². The fourth-order valence-electron chi connectivity index (χ4n) is 1.85. The van der Waals surface area contributed by atoms with Crippen LogP contribution in [0.1, 0.15) is 16.1 Å². The first-order chi connectivity index (χ1) is 12.1. The summed E-state index contributed by atoms with van der Waals surface area (Å²) >= 11 is 0. The Morgan fingerprint density at radius 3 is 2.50 bits per heavy atom. The highest BCUT2D eigenvalue weighted by atomic mass is 19.4. The van der Waals surface area contributed by atoms with Gasteiger partial charge in [0.1, 0.15) is 29.2 Å². The van der Waals surface area contributed by atoms with Gasteiger partial charge in [0, 0.05) is 11.6 Å². The highest BCUT2D eigenvalue weighted by Gasteiger charge is 2.34. The predicted molar refractivity (Wildman–Crippen MR) is 86.0 cm³/mol. The number of pyridine rings is 1. The third-order valence-electron chi connectivity index (χ3n) is 3.23. The summed E-state index contributed by atoms with van der Waals surface area (Å²) in [7, 11) is 0. The normalized spacial score (nSPS) is 13.0. The van der Waals surface area contributed by atoms with Crippen LogP contribution in [0.2, 0.25) is 0 Å². The lowest BCUT2D eigenvalue weighted by Crippen LogP contribution is -2.35. The van der Waals surface area contributed by atoms with Crippen molar-refractivity contribution < 1.29 is 26.7 Å². The van der Waals surface area contributed by atoms with Crippen molar-refractivity contribution in [2.24, 2.45) is 5.73 Å². The van der Waals surface area contributed by atoms with Gasteiger partial charge in [0.25, 0.3) is 5.91 Å². The van der Waals surface area contributed by atoms with E-state index < -0.39 is 35.4 Å². The summed E-state index contributed by atoms with van der Waals surface area (Å²) in [5.74, 6) is -2.71. The van der Waals surface area contributed by atoms with Crippen LogP contribution >= 0.6 is 0 Å². The largest absolute Gasteiger partial charge is 0.407 e. The quantitative estimate of drug-likeness (QED) is 0.719. The van der Waals surface area contributed by atoms with Gasteiger partial charge < -0.3 is 16.8 Å². The minimum atomic E-state index is -4.60. The smallest absolute Gasteiger partial charge is 0.383 e. The molecule has 2 aromatic rings. The van der Waals surface area contributed by atoms with Gasteiger partial charge in [-0.1, -0.05) is 12.2 Å². The van der Waals surface area contributed by atoms with Crippen LogP contribution in [0.15, 0.2) is 36.4 Å². The average Bonchev–Trinajstić information content (AvgIpc) is 2.55. The molecule has 1 aromatic heterocycles. The molecule has 0 bridgehead atoms. The number of carbonyl (C=O) groups excluding carboxylic acids is 1. The number of carbonyl (C=O) groups is 1. The highest BCUT2D eigenvalue weighted by molar-refractivity contribution is 6.03. The Bertz CT molecular complexity index is 851. The molecular weight excluding hydrogens is 359 g/mol. The summed E-state index contributed by atoms with van der Waals surface area (Å²) in [6, 6.07) is 2.74. The molecule has 0 aliphatic carbocycles. The van der Waals surface area contributed by atoms with Gasteiger partial charge in [-0.25, -0.2) is 13.8 Å². The molecule has 0 aliphatic heterocycles. The second-order valence-electron chi connectivity index (χ2n) is 5.18. The number of amides is 1. The molecular formula is C16H13F5N4O. The number of halogens is 5. The molecule has 1 heterocycles. The zero-order valence-corrected chi connectivity index (χ0v) is 13.0. The van der Waals surface area contributed by atoms with E-state index in [1.807, 2.05) is 0 Å². The van der Waals surface area contributed by atoms with Crippen LogP contribution < -0.4 is 16.8 Å². The molecule has 1 aromatic carbocycles. The van der Waals surface area contributed by atoms with Crippen molar-refractivity contribution in [3.8, 4) is 0 Å². The van der Waals surface area contributed by atoms with Crippen LogP contribution in [0.5, 0.6) is 0 Å². The van der Waals surface area contributed by atoms with Gasteiger partial charge in [0.15, 0.2) is 0 Å². The Kier molecular flexibility index (Phi) is 5.56. The molecule has 2 rings (SSSR count). The van der Waals surface area contributed by atoms with Crippen LogP contribution in [0.25, 0.3) is 6.08 Å². The molecule has 5 N–H and O–H groups in total. The van der Waals surface area contributed by atoms with Gasteiger partial charge in [0.2, 0.25) is 0 Å². The lowest BCUT2D eigenvalue weighted by atomic mass is 10.1. The zero-order valence-electron chi connectivity index (χ0n) is 13.0. The number of alkyl halides is 3. The number of benzene rings is 1. The molecule has 26 heavy (non-hydrogen) atoms. The molecule has 0 radical (unpaired) electrons. The highest BCUT2D eigenvalue weighted by Crippen LogP contribution is 2.21. The van der Waals surface area contributed by atoms with Gasteiger partial charge in [-0.15, -0.1) is 0 Å². The van der Waals surface area contributed by atoms with Crippen molar-refractivity contribution in [2.75, 3.05) is 11.1 Å². The molecule has 0 fully saturated rings. The van der Waals surface area contributed by atoms with E-state index >= 15 is 0 Å².